The molecule has 1 aliphatic carbocycles. The molecular weight excluding hydrogens is 394 g/mol. The van der Waals surface area contributed by atoms with Gasteiger partial charge in [-0.25, -0.2) is 4.79 Å². The van der Waals surface area contributed by atoms with Gasteiger partial charge in [0.1, 0.15) is 6.54 Å². The molecule has 2 aliphatic rings. The molecule has 0 spiro atoms. The van der Waals surface area contributed by atoms with Crippen LogP contribution in [0.5, 0.6) is 0 Å². The zero-order valence-electron chi connectivity index (χ0n) is 17.1. The van der Waals surface area contributed by atoms with Crippen molar-refractivity contribution in [3.63, 3.8) is 0 Å². The van der Waals surface area contributed by atoms with E-state index in [1.54, 1.807) is 31.2 Å². The van der Waals surface area contributed by atoms with Gasteiger partial charge >= 0.3 is 5.97 Å². The number of amides is 2. The first-order chi connectivity index (χ1) is 15.0. The summed E-state index contributed by atoms with van der Waals surface area (Å²) in [6, 6.07) is 14.5. The Balaban J connectivity index is 1.45. The summed E-state index contributed by atoms with van der Waals surface area (Å²) in [6.07, 6.45) is 1.48. The number of aromatic nitrogens is 1. The number of rotatable bonds is 3. The Labute approximate surface area is 179 Å². The van der Waals surface area contributed by atoms with Crippen LogP contribution in [0.15, 0.2) is 48.5 Å². The van der Waals surface area contributed by atoms with E-state index in [1.165, 1.54) is 4.90 Å². The number of hydrogen-bond donors (Lipinski definition) is 1. The molecule has 2 heterocycles. The maximum atomic E-state index is 13.2. The number of aryl methyl sites for hydroxylation is 1. The highest BCUT2D eigenvalue weighted by molar-refractivity contribution is 6.12. The fraction of sp³-hybridized carbons (Fsp3) is 0.250. The lowest BCUT2D eigenvalue weighted by Crippen LogP contribution is -2.47. The molecule has 0 bridgehead atoms. The average molecular weight is 415 g/mol. The summed E-state index contributed by atoms with van der Waals surface area (Å²) in [5.74, 6) is -1.26. The number of ether oxygens (including phenoxy) is 1. The van der Waals surface area contributed by atoms with Crippen LogP contribution in [0.1, 0.15) is 35.0 Å². The van der Waals surface area contributed by atoms with Crippen LogP contribution in [0.25, 0.3) is 10.9 Å². The molecule has 2 aromatic carbocycles. The number of carbonyl (C=O) groups excluding carboxylic acids is 3. The molecule has 0 fully saturated rings. The zero-order valence-corrected chi connectivity index (χ0v) is 17.1. The molecular formula is C24H21N3O4. The second-order valence-corrected chi connectivity index (χ2v) is 7.82. The summed E-state index contributed by atoms with van der Waals surface area (Å²) >= 11 is 0. The van der Waals surface area contributed by atoms with E-state index < -0.39 is 18.0 Å². The Bertz CT molecular complexity index is 1240. The molecule has 3 aromatic rings. The summed E-state index contributed by atoms with van der Waals surface area (Å²) in [7, 11) is 0. The van der Waals surface area contributed by atoms with Crippen molar-refractivity contribution in [2.45, 2.75) is 32.3 Å². The second kappa shape index (κ2) is 7.50. The second-order valence-electron chi connectivity index (χ2n) is 7.82. The zero-order chi connectivity index (χ0) is 21.5. The van der Waals surface area contributed by atoms with Crippen molar-refractivity contribution in [2.24, 2.45) is 0 Å². The van der Waals surface area contributed by atoms with E-state index >= 15 is 0 Å². The van der Waals surface area contributed by atoms with Gasteiger partial charge in [-0.15, -0.1) is 0 Å². The van der Waals surface area contributed by atoms with E-state index in [2.05, 4.69) is 5.32 Å². The Kier molecular flexibility index (Phi) is 4.66. The van der Waals surface area contributed by atoms with Crippen molar-refractivity contribution in [1.29, 1.82) is 0 Å². The van der Waals surface area contributed by atoms with Gasteiger partial charge in [0.25, 0.3) is 5.91 Å². The number of nitrogens with one attached hydrogen (secondary N) is 1. The predicted octanol–water partition coefficient (Wildman–Crippen LogP) is 3.25. The molecule has 1 aliphatic heterocycles. The van der Waals surface area contributed by atoms with Gasteiger partial charge in [-0.2, -0.15) is 0 Å². The first kappa shape index (κ1) is 19.2. The lowest BCUT2D eigenvalue weighted by Gasteiger charge is -2.30. The topological polar surface area (TPSA) is 88.6 Å². The maximum Gasteiger partial charge on any atom is 0.339 e. The molecule has 31 heavy (non-hydrogen) atoms. The first-order valence-electron chi connectivity index (χ1n) is 10.3. The van der Waals surface area contributed by atoms with E-state index in [0.717, 1.165) is 41.4 Å². The number of nitrogens with zero attached hydrogens (tertiary/aromatic N) is 2. The maximum absolute atomic E-state index is 13.2. The fourth-order valence-electron chi connectivity index (χ4n) is 4.36. The molecule has 0 saturated carbocycles. The Morgan fingerprint density at radius 1 is 1.10 bits per heavy atom. The van der Waals surface area contributed by atoms with Crippen molar-refractivity contribution < 1.29 is 19.1 Å². The summed E-state index contributed by atoms with van der Waals surface area (Å²) in [5, 5.41) is 3.48. The highest BCUT2D eigenvalue weighted by Crippen LogP contribution is 2.32. The van der Waals surface area contributed by atoms with E-state index in [0.29, 0.717) is 16.9 Å². The van der Waals surface area contributed by atoms with Gasteiger partial charge in [0.2, 0.25) is 5.91 Å². The van der Waals surface area contributed by atoms with Crippen LogP contribution in [-0.2, 0) is 27.2 Å². The summed E-state index contributed by atoms with van der Waals surface area (Å²) in [5.41, 5.74) is 4.22. The smallest absolute Gasteiger partial charge is 0.339 e. The standard InChI is InChI=1S/C24H21N3O4/c1-14(23(29)27-13-21(28)26-19-10-4-5-12-20(19)27)31-24(30)22-15-7-2-3-9-17(15)25-18-11-6-8-16(18)22/h2-5,7,9-10,12,14H,6,8,11,13H2,1H3,(H,26,28). The lowest BCUT2D eigenvalue weighted by atomic mass is 10.0. The van der Waals surface area contributed by atoms with Crippen LogP contribution in [0, 0.1) is 0 Å². The van der Waals surface area contributed by atoms with Crippen LogP contribution in [-0.4, -0.2) is 35.4 Å². The van der Waals surface area contributed by atoms with Gasteiger partial charge < -0.3 is 10.1 Å². The number of para-hydroxylation sites is 3. The monoisotopic (exact) mass is 415 g/mol. The molecule has 1 atom stereocenters. The van der Waals surface area contributed by atoms with Crippen molar-refractivity contribution >= 4 is 40.1 Å². The third-order valence-corrected chi connectivity index (χ3v) is 5.79. The molecule has 1 N–H and O–H groups in total. The normalized spacial score (nSPS) is 15.8. The molecule has 5 rings (SSSR count). The highest BCUT2D eigenvalue weighted by atomic mass is 16.5. The van der Waals surface area contributed by atoms with E-state index in [9.17, 15) is 14.4 Å². The quantitative estimate of drug-likeness (QED) is 0.664. The van der Waals surface area contributed by atoms with Crippen molar-refractivity contribution in [3.05, 3.63) is 65.4 Å². The van der Waals surface area contributed by atoms with Crippen LogP contribution in [0.2, 0.25) is 0 Å². The Morgan fingerprint density at radius 3 is 2.74 bits per heavy atom. The lowest BCUT2D eigenvalue weighted by molar-refractivity contribution is -0.128. The molecule has 0 saturated heterocycles. The fourth-order valence-corrected chi connectivity index (χ4v) is 4.36. The highest BCUT2D eigenvalue weighted by Gasteiger charge is 2.33. The number of fused-ring (bicyclic) bond motifs is 3. The van der Waals surface area contributed by atoms with E-state index in [1.807, 2.05) is 24.3 Å². The molecule has 7 heteroatoms. The molecule has 7 nitrogen and oxygen atoms in total. The number of benzene rings is 2. The number of carbonyl (C=O) groups is 3. The van der Waals surface area contributed by atoms with Gasteiger partial charge in [0.05, 0.1) is 22.5 Å². The number of esters is 1. The minimum absolute atomic E-state index is 0.120. The minimum atomic E-state index is -1.05. The van der Waals surface area contributed by atoms with E-state index in [-0.39, 0.29) is 12.5 Å². The SMILES string of the molecule is CC(OC(=O)c1c2c(nc3ccccc13)CCC2)C(=O)N1CC(=O)Nc2ccccc21. The van der Waals surface area contributed by atoms with Crippen molar-refractivity contribution in [2.75, 3.05) is 16.8 Å². The number of anilines is 2. The summed E-state index contributed by atoms with van der Waals surface area (Å²) < 4.78 is 5.65. The molecule has 1 unspecified atom stereocenters. The Morgan fingerprint density at radius 2 is 1.87 bits per heavy atom. The van der Waals surface area contributed by atoms with Crippen LogP contribution >= 0.6 is 0 Å². The number of hydrogen-bond acceptors (Lipinski definition) is 5. The summed E-state index contributed by atoms with van der Waals surface area (Å²) in [4.78, 5) is 44.5. The molecule has 2 amide bonds. The predicted molar refractivity (Wildman–Crippen MR) is 116 cm³/mol. The molecule has 1 aromatic heterocycles. The number of pyridine rings is 1. The van der Waals surface area contributed by atoms with Gasteiger partial charge in [0, 0.05) is 11.1 Å². The van der Waals surface area contributed by atoms with Crippen LogP contribution < -0.4 is 10.2 Å². The first-order valence-corrected chi connectivity index (χ1v) is 10.3. The third kappa shape index (κ3) is 3.32. The van der Waals surface area contributed by atoms with Crippen molar-refractivity contribution in [1.82, 2.24) is 4.98 Å². The van der Waals surface area contributed by atoms with Crippen molar-refractivity contribution in [3.8, 4) is 0 Å². The van der Waals surface area contributed by atoms with Gasteiger partial charge in [-0.3, -0.25) is 19.5 Å². The van der Waals surface area contributed by atoms with E-state index in [4.69, 9.17) is 9.72 Å². The Hall–Kier alpha value is -3.74. The van der Waals surface area contributed by atoms with Crippen LogP contribution in [0.4, 0.5) is 11.4 Å². The minimum Gasteiger partial charge on any atom is -0.449 e. The summed E-state index contributed by atoms with van der Waals surface area (Å²) in [6.45, 7) is 1.42. The molecule has 156 valence electrons. The largest absolute Gasteiger partial charge is 0.449 e. The third-order valence-electron chi connectivity index (χ3n) is 5.79. The van der Waals surface area contributed by atoms with Crippen LogP contribution in [0.3, 0.4) is 0 Å². The van der Waals surface area contributed by atoms with Gasteiger partial charge in [-0.05, 0) is 49.9 Å². The van der Waals surface area contributed by atoms with Gasteiger partial charge in [-0.1, -0.05) is 30.3 Å². The molecule has 0 radical (unpaired) electrons. The average Bonchev–Trinajstić information content (AvgIpc) is 3.24. The van der Waals surface area contributed by atoms with Gasteiger partial charge in [0.15, 0.2) is 6.10 Å².